The maximum atomic E-state index is 9.69. The molecule has 2 unspecified atom stereocenters. The second kappa shape index (κ2) is 5.84. The van der Waals surface area contributed by atoms with Crippen molar-refractivity contribution < 1.29 is 5.11 Å². The van der Waals surface area contributed by atoms with Crippen LogP contribution in [0.25, 0.3) is 0 Å². The van der Waals surface area contributed by atoms with Crippen LogP contribution in [-0.2, 0) is 5.41 Å². The van der Waals surface area contributed by atoms with Gasteiger partial charge in [0, 0.05) is 6.04 Å². The molecule has 0 aromatic heterocycles. The first-order valence-electron chi connectivity index (χ1n) is 7.27. The van der Waals surface area contributed by atoms with Gasteiger partial charge in [0.25, 0.3) is 0 Å². The van der Waals surface area contributed by atoms with E-state index in [0.29, 0.717) is 11.2 Å². The van der Waals surface area contributed by atoms with E-state index in [4.69, 9.17) is 0 Å². The second-order valence-electron chi connectivity index (χ2n) is 6.01. The second-order valence-corrected chi connectivity index (χ2v) is 6.01. The lowest BCUT2D eigenvalue weighted by molar-refractivity contribution is 0.141. The molecule has 1 N–H and O–H groups in total. The molecule has 1 saturated carbocycles. The first-order valence-corrected chi connectivity index (χ1v) is 7.27. The predicted octanol–water partition coefficient (Wildman–Crippen LogP) is 3.88. The topological polar surface area (TPSA) is 23.5 Å². The summed E-state index contributed by atoms with van der Waals surface area (Å²) in [7, 11) is 0. The fourth-order valence-corrected chi connectivity index (χ4v) is 4.00. The number of benzene rings is 1. The lowest BCUT2D eigenvalue weighted by Crippen LogP contribution is -2.43. The highest BCUT2D eigenvalue weighted by Gasteiger charge is 2.45. The van der Waals surface area contributed by atoms with Gasteiger partial charge in [-0.1, -0.05) is 19.1 Å². The molecule has 1 aliphatic carbocycles. The summed E-state index contributed by atoms with van der Waals surface area (Å²) in [5, 5.41) is 9.69. The fraction of sp³-hybridized carbons (Fsp3) is 0.625. The van der Waals surface area contributed by atoms with Crippen molar-refractivity contribution in [2.24, 2.45) is 0 Å². The van der Waals surface area contributed by atoms with E-state index in [9.17, 15) is 5.11 Å². The molecule has 0 spiro atoms. The third-order valence-electron chi connectivity index (χ3n) is 4.95. The number of piperidine rings is 1. The summed E-state index contributed by atoms with van der Waals surface area (Å²) >= 11 is 0. The molecule has 1 heterocycles. The van der Waals surface area contributed by atoms with Crippen molar-refractivity contribution in [2.45, 2.75) is 50.5 Å². The molecule has 2 bridgehead atoms. The van der Waals surface area contributed by atoms with E-state index in [1.165, 1.54) is 50.8 Å². The molecule has 19 heavy (non-hydrogen) atoms. The fourth-order valence-electron chi connectivity index (χ4n) is 4.00. The minimum absolute atomic E-state index is 0. The number of phenolic OH excluding ortho intramolecular Hbond substituents is 1. The van der Waals surface area contributed by atoms with Crippen LogP contribution in [0.3, 0.4) is 0 Å². The zero-order valence-corrected chi connectivity index (χ0v) is 13.4. The molecule has 1 saturated heterocycles. The Balaban J connectivity index is 0.00000133. The van der Waals surface area contributed by atoms with Crippen LogP contribution < -0.4 is 0 Å². The van der Waals surface area contributed by atoms with Gasteiger partial charge in [-0.25, -0.2) is 0 Å². The molecular weight excluding hydrogens is 302 g/mol. The van der Waals surface area contributed by atoms with Crippen LogP contribution in [-0.4, -0.2) is 29.1 Å². The Labute approximate surface area is 126 Å². The summed E-state index contributed by atoms with van der Waals surface area (Å²) in [6, 6.07) is 8.74. The Morgan fingerprint density at radius 1 is 1.37 bits per heavy atom. The molecule has 3 heteroatoms. The monoisotopic (exact) mass is 325 g/mol. The maximum Gasteiger partial charge on any atom is 0.115 e. The highest BCUT2D eigenvalue weighted by Crippen LogP contribution is 2.49. The van der Waals surface area contributed by atoms with E-state index < -0.39 is 0 Å². The van der Waals surface area contributed by atoms with Gasteiger partial charge in [-0.3, -0.25) is 0 Å². The molecule has 1 aliphatic heterocycles. The highest BCUT2D eigenvalue weighted by atomic mass is 79.9. The van der Waals surface area contributed by atoms with E-state index in [1.807, 2.05) is 12.1 Å². The van der Waals surface area contributed by atoms with Crippen LogP contribution in [0.4, 0.5) is 0 Å². The zero-order chi connectivity index (χ0) is 12.6. The van der Waals surface area contributed by atoms with Crippen LogP contribution in [0.15, 0.2) is 24.3 Å². The van der Waals surface area contributed by atoms with Crippen molar-refractivity contribution in [2.75, 3.05) is 13.1 Å². The van der Waals surface area contributed by atoms with Crippen LogP contribution in [0, 0.1) is 0 Å². The number of likely N-dealkylation sites (tertiary alicyclic amines) is 1. The summed E-state index contributed by atoms with van der Waals surface area (Å²) < 4.78 is 0. The van der Waals surface area contributed by atoms with Gasteiger partial charge in [0.15, 0.2) is 0 Å². The van der Waals surface area contributed by atoms with E-state index in [1.54, 1.807) is 6.07 Å². The number of halogens is 1. The third-order valence-corrected chi connectivity index (χ3v) is 4.95. The number of fused-ring (bicyclic) bond motifs is 2. The normalized spacial score (nSPS) is 30.1. The minimum atomic E-state index is 0. The lowest BCUT2D eigenvalue weighted by Gasteiger charge is -2.40. The van der Waals surface area contributed by atoms with Crippen molar-refractivity contribution in [1.82, 2.24) is 4.90 Å². The summed E-state index contributed by atoms with van der Waals surface area (Å²) in [5.74, 6) is 0.418. The number of rotatable bonds is 3. The number of phenols is 1. The van der Waals surface area contributed by atoms with Gasteiger partial charge in [-0.15, -0.1) is 17.0 Å². The van der Waals surface area contributed by atoms with Crippen molar-refractivity contribution in [3.63, 3.8) is 0 Å². The molecule has 0 radical (unpaired) electrons. The molecule has 2 nitrogen and oxygen atoms in total. The van der Waals surface area contributed by atoms with Gasteiger partial charge in [-0.05, 0) is 68.3 Å². The van der Waals surface area contributed by atoms with Crippen molar-refractivity contribution >= 4 is 17.0 Å². The van der Waals surface area contributed by atoms with Gasteiger partial charge < -0.3 is 10.0 Å². The van der Waals surface area contributed by atoms with E-state index in [0.717, 1.165) is 6.04 Å². The first-order chi connectivity index (χ1) is 8.73. The van der Waals surface area contributed by atoms with Crippen molar-refractivity contribution in [3.05, 3.63) is 29.8 Å². The molecule has 1 aromatic rings. The highest BCUT2D eigenvalue weighted by molar-refractivity contribution is 8.93. The van der Waals surface area contributed by atoms with Gasteiger partial charge in [0.2, 0.25) is 0 Å². The summed E-state index contributed by atoms with van der Waals surface area (Å²) in [6.07, 6.45) is 6.43. The molecule has 106 valence electrons. The molecule has 3 rings (SSSR count). The summed E-state index contributed by atoms with van der Waals surface area (Å²) in [5.41, 5.74) is 1.72. The Kier molecular flexibility index (Phi) is 4.57. The molecule has 2 atom stereocenters. The molecule has 1 aromatic carbocycles. The van der Waals surface area contributed by atoms with Crippen LogP contribution in [0.5, 0.6) is 5.75 Å². The number of nitrogens with zero attached hydrogens (tertiary/aromatic N) is 1. The molecule has 2 aliphatic rings. The standard InChI is InChI=1S/C16H23NO.BrH/c1-2-9-17-10-8-16(7-6-14(17)12-16)13-4-3-5-15(18)11-13;/h3-5,11,14,18H,2,6-10,12H2,1H3;1H. The van der Waals surface area contributed by atoms with Crippen LogP contribution in [0.2, 0.25) is 0 Å². The lowest BCUT2D eigenvalue weighted by atomic mass is 9.74. The third kappa shape index (κ3) is 2.68. The molecule has 0 amide bonds. The SMILES string of the molecule is Br.CCCN1CCC2(c3cccc(O)c3)CCC1C2. The molecular formula is C16H24BrNO. The quantitative estimate of drug-likeness (QED) is 0.911. The van der Waals surface area contributed by atoms with Gasteiger partial charge >= 0.3 is 0 Å². The summed E-state index contributed by atoms with van der Waals surface area (Å²) in [6.45, 7) is 4.75. The van der Waals surface area contributed by atoms with Gasteiger partial charge in [0.1, 0.15) is 5.75 Å². The van der Waals surface area contributed by atoms with E-state index in [2.05, 4.69) is 17.9 Å². The minimum Gasteiger partial charge on any atom is -0.508 e. The average Bonchev–Trinajstić information content (AvgIpc) is 2.73. The Morgan fingerprint density at radius 3 is 2.95 bits per heavy atom. The maximum absolute atomic E-state index is 9.69. The Hall–Kier alpha value is -0.540. The van der Waals surface area contributed by atoms with Crippen molar-refractivity contribution in [1.29, 1.82) is 0 Å². The van der Waals surface area contributed by atoms with Crippen LogP contribution in [0.1, 0.15) is 44.6 Å². The van der Waals surface area contributed by atoms with Crippen LogP contribution >= 0.6 is 17.0 Å². The Morgan fingerprint density at radius 2 is 2.21 bits per heavy atom. The van der Waals surface area contributed by atoms with E-state index >= 15 is 0 Å². The van der Waals surface area contributed by atoms with Crippen molar-refractivity contribution in [3.8, 4) is 5.75 Å². The number of hydrogen-bond donors (Lipinski definition) is 1. The largest absolute Gasteiger partial charge is 0.508 e. The summed E-state index contributed by atoms with van der Waals surface area (Å²) in [4.78, 5) is 2.67. The van der Waals surface area contributed by atoms with E-state index in [-0.39, 0.29) is 17.0 Å². The first kappa shape index (κ1) is 14.9. The zero-order valence-electron chi connectivity index (χ0n) is 11.6. The average molecular weight is 326 g/mol. The van der Waals surface area contributed by atoms with Gasteiger partial charge in [0.05, 0.1) is 0 Å². The number of hydrogen-bond acceptors (Lipinski definition) is 2. The number of aromatic hydroxyl groups is 1. The smallest absolute Gasteiger partial charge is 0.115 e. The predicted molar refractivity (Wildman–Crippen MR) is 84.2 cm³/mol. The van der Waals surface area contributed by atoms with Gasteiger partial charge in [-0.2, -0.15) is 0 Å². The molecule has 2 fully saturated rings. The Bertz CT molecular complexity index is 437.